The molecule has 1 N–H and O–H groups in total. The standard InChI is InChI=1S/C19H20N2O4S2/c1-3-25-15-6-4-14(5-7-15)21-19(22)10-11-27(23,24)16-8-9-17-18(12-16)26-13(2)20-17/h4-9,12H,3,10-11H2,1-2H3,(H,21,22). The molecular weight excluding hydrogens is 384 g/mol. The number of carbonyl (C=O) groups is 1. The van der Waals surface area contributed by atoms with E-state index in [-0.39, 0.29) is 23.0 Å². The van der Waals surface area contributed by atoms with Gasteiger partial charge in [0.2, 0.25) is 5.91 Å². The normalized spacial score (nSPS) is 11.5. The molecule has 3 rings (SSSR count). The Labute approximate surface area is 162 Å². The molecule has 3 aromatic rings. The lowest BCUT2D eigenvalue weighted by Crippen LogP contribution is -2.17. The van der Waals surface area contributed by atoms with Crippen molar-refractivity contribution in [2.75, 3.05) is 17.7 Å². The van der Waals surface area contributed by atoms with Crippen molar-refractivity contribution in [3.63, 3.8) is 0 Å². The number of nitrogens with zero attached hydrogens (tertiary/aromatic N) is 1. The number of rotatable bonds is 7. The van der Waals surface area contributed by atoms with Gasteiger partial charge in [0.05, 0.1) is 32.5 Å². The Kier molecular flexibility index (Phi) is 5.76. The largest absolute Gasteiger partial charge is 0.494 e. The number of anilines is 1. The number of thiazole rings is 1. The van der Waals surface area contributed by atoms with Crippen molar-refractivity contribution in [3.8, 4) is 5.75 Å². The molecule has 0 spiro atoms. The number of aryl methyl sites for hydroxylation is 1. The third-order valence-corrected chi connectivity index (χ3v) is 6.52. The molecule has 0 atom stereocenters. The van der Waals surface area contributed by atoms with Crippen molar-refractivity contribution < 1.29 is 17.9 Å². The summed E-state index contributed by atoms with van der Waals surface area (Å²) in [7, 11) is -3.55. The minimum atomic E-state index is -3.55. The van der Waals surface area contributed by atoms with Crippen molar-refractivity contribution in [1.29, 1.82) is 0 Å². The monoisotopic (exact) mass is 404 g/mol. The molecule has 0 fully saturated rings. The van der Waals surface area contributed by atoms with Gasteiger partial charge in [-0.05, 0) is 56.3 Å². The number of amides is 1. The summed E-state index contributed by atoms with van der Waals surface area (Å²) in [6, 6.07) is 11.8. The van der Waals surface area contributed by atoms with Crippen molar-refractivity contribution in [3.05, 3.63) is 47.5 Å². The van der Waals surface area contributed by atoms with Gasteiger partial charge in [-0.2, -0.15) is 0 Å². The second-order valence-corrected chi connectivity index (χ2v) is 9.28. The van der Waals surface area contributed by atoms with Crippen LogP contribution in [-0.4, -0.2) is 31.7 Å². The summed E-state index contributed by atoms with van der Waals surface area (Å²) in [5.74, 6) is 0.114. The second kappa shape index (κ2) is 8.06. The molecule has 27 heavy (non-hydrogen) atoms. The highest BCUT2D eigenvalue weighted by Gasteiger charge is 2.18. The summed E-state index contributed by atoms with van der Waals surface area (Å²) in [6.07, 6.45) is -0.116. The molecular formula is C19H20N2O4S2. The summed E-state index contributed by atoms with van der Waals surface area (Å²) in [5.41, 5.74) is 1.38. The zero-order chi connectivity index (χ0) is 19.4. The Balaban J connectivity index is 1.62. The highest BCUT2D eigenvalue weighted by atomic mass is 32.2. The van der Waals surface area contributed by atoms with Crippen LogP contribution in [0.15, 0.2) is 47.4 Å². The van der Waals surface area contributed by atoms with Crippen molar-refractivity contribution >= 4 is 43.0 Å². The smallest absolute Gasteiger partial charge is 0.225 e. The van der Waals surface area contributed by atoms with Gasteiger partial charge in [0.25, 0.3) is 0 Å². The van der Waals surface area contributed by atoms with E-state index in [4.69, 9.17) is 4.74 Å². The first kappa shape index (κ1) is 19.3. The van der Waals surface area contributed by atoms with Crippen LogP contribution in [0, 0.1) is 6.92 Å². The average molecular weight is 405 g/mol. The minimum Gasteiger partial charge on any atom is -0.494 e. The maximum absolute atomic E-state index is 12.5. The van der Waals surface area contributed by atoms with E-state index in [0.717, 1.165) is 15.2 Å². The number of nitrogens with one attached hydrogen (secondary N) is 1. The molecule has 142 valence electrons. The van der Waals surface area contributed by atoms with Crippen LogP contribution in [0.3, 0.4) is 0 Å². The Morgan fingerprint density at radius 1 is 1.19 bits per heavy atom. The fourth-order valence-corrected chi connectivity index (χ4v) is 4.79. The van der Waals surface area contributed by atoms with Crippen LogP contribution in [-0.2, 0) is 14.6 Å². The molecule has 6 nitrogen and oxygen atoms in total. The van der Waals surface area contributed by atoms with E-state index in [0.29, 0.717) is 18.0 Å². The molecule has 1 aromatic heterocycles. The van der Waals surface area contributed by atoms with Gasteiger partial charge < -0.3 is 10.1 Å². The Morgan fingerprint density at radius 3 is 2.63 bits per heavy atom. The number of ether oxygens (including phenoxy) is 1. The molecule has 1 amide bonds. The van der Waals surface area contributed by atoms with Crippen molar-refractivity contribution in [1.82, 2.24) is 4.98 Å². The summed E-state index contributed by atoms with van der Waals surface area (Å²) in [6.45, 7) is 4.34. The van der Waals surface area contributed by atoms with E-state index < -0.39 is 9.84 Å². The van der Waals surface area contributed by atoms with Gasteiger partial charge in [0, 0.05) is 12.1 Å². The van der Waals surface area contributed by atoms with Crippen LogP contribution in [0.4, 0.5) is 5.69 Å². The fourth-order valence-electron chi connectivity index (χ4n) is 2.58. The van der Waals surface area contributed by atoms with Crippen molar-refractivity contribution in [2.24, 2.45) is 0 Å². The fraction of sp³-hybridized carbons (Fsp3) is 0.263. The lowest BCUT2D eigenvalue weighted by molar-refractivity contribution is -0.115. The van der Waals surface area contributed by atoms with Crippen LogP contribution in [0.5, 0.6) is 5.75 Å². The zero-order valence-electron chi connectivity index (χ0n) is 15.1. The molecule has 8 heteroatoms. The molecule has 0 radical (unpaired) electrons. The van der Waals surface area contributed by atoms with Crippen LogP contribution in [0.1, 0.15) is 18.4 Å². The van der Waals surface area contributed by atoms with E-state index in [9.17, 15) is 13.2 Å². The number of fused-ring (bicyclic) bond motifs is 1. The lowest BCUT2D eigenvalue weighted by atomic mass is 10.3. The minimum absolute atomic E-state index is 0.116. The van der Waals surface area contributed by atoms with E-state index in [1.54, 1.807) is 42.5 Å². The zero-order valence-corrected chi connectivity index (χ0v) is 16.7. The van der Waals surface area contributed by atoms with Gasteiger partial charge in [-0.15, -0.1) is 11.3 Å². The van der Waals surface area contributed by atoms with Gasteiger partial charge >= 0.3 is 0 Å². The third-order valence-electron chi connectivity index (χ3n) is 3.87. The molecule has 0 saturated carbocycles. The predicted molar refractivity (Wildman–Crippen MR) is 107 cm³/mol. The number of sulfone groups is 1. The van der Waals surface area contributed by atoms with Gasteiger partial charge in [-0.25, -0.2) is 13.4 Å². The molecule has 0 unspecified atom stereocenters. The van der Waals surface area contributed by atoms with Gasteiger partial charge in [-0.3, -0.25) is 4.79 Å². The molecule has 1 heterocycles. The summed E-state index contributed by atoms with van der Waals surface area (Å²) in [4.78, 5) is 16.6. The first-order valence-corrected chi connectivity index (χ1v) is 11.0. The molecule has 0 aliphatic heterocycles. The number of hydrogen-bond donors (Lipinski definition) is 1. The first-order chi connectivity index (χ1) is 12.9. The van der Waals surface area contributed by atoms with Crippen LogP contribution in [0.25, 0.3) is 10.2 Å². The number of carbonyl (C=O) groups excluding carboxylic acids is 1. The number of aromatic nitrogens is 1. The number of hydrogen-bond acceptors (Lipinski definition) is 6. The highest BCUT2D eigenvalue weighted by molar-refractivity contribution is 7.91. The average Bonchev–Trinajstić information content (AvgIpc) is 3.01. The lowest BCUT2D eigenvalue weighted by Gasteiger charge is -2.08. The molecule has 0 bridgehead atoms. The molecule has 0 aliphatic rings. The highest BCUT2D eigenvalue weighted by Crippen LogP contribution is 2.25. The quantitative estimate of drug-likeness (QED) is 0.647. The van der Waals surface area contributed by atoms with E-state index in [1.807, 2.05) is 13.8 Å². The van der Waals surface area contributed by atoms with Gasteiger partial charge in [0.1, 0.15) is 5.75 Å². The Hall–Kier alpha value is -2.45. The maximum Gasteiger partial charge on any atom is 0.225 e. The van der Waals surface area contributed by atoms with E-state index in [2.05, 4.69) is 10.3 Å². The molecule has 0 aliphatic carbocycles. The SMILES string of the molecule is CCOc1ccc(NC(=O)CCS(=O)(=O)c2ccc3nc(C)sc3c2)cc1. The number of benzene rings is 2. The predicted octanol–water partition coefficient (Wildman–Crippen LogP) is 3.81. The van der Waals surface area contributed by atoms with Gasteiger partial charge in [-0.1, -0.05) is 0 Å². The second-order valence-electron chi connectivity index (χ2n) is 5.94. The topological polar surface area (TPSA) is 85.4 Å². The first-order valence-electron chi connectivity index (χ1n) is 8.50. The van der Waals surface area contributed by atoms with Crippen molar-refractivity contribution in [2.45, 2.75) is 25.2 Å². The summed E-state index contributed by atoms with van der Waals surface area (Å²) < 4.78 is 31.3. The Morgan fingerprint density at radius 2 is 1.93 bits per heavy atom. The van der Waals surface area contributed by atoms with Gasteiger partial charge in [0.15, 0.2) is 9.84 Å². The molecule has 0 saturated heterocycles. The summed E-state index contributed by atoms with van der Waals surface area (Å²) >= 11 is 1.45. The van der Waals surface area contributed by atoms with Crippen LogP contribution >= 0.6 is 11.3 Å². The van der Waals surface area contributed by atoms with E-state index >= 15 is 0 Å². The van der Waals surface area contributed by atoms with E-state index in [1.165, 1.54) is 11.3 Å². The summed E-state index contributed by atoms with van der Waals surface area (Å²) in [5, 5.41) is 3.58. The third kappa shape index (κ3) is 4.84. The van der Waals surface area contributed by atoms with Crippen LogP contribution in [0.2, 0.25) is 0 Å². The van der Waals surface area contributed by atoms with Crippen LogP contribution < -0.4 is 10.1 Å². The maximum atomic E-state index is 12.5. The molecule has 2 aromatic carbocycles. The Bertz CT molecular complexity index is 1060.